The zero-order valence-electron chi connectivity index (χ0n) is 15.9. The van der Waals surface area contributed by atoms with E-state index in [1.54, 1.807) is 0 Å². The van der Waals surface area contributed by atoms with Crippen LogP contribution in [0.25, 0.3) is 11.0 Å². The molecule has 7 heteroatoms. The first-order chi connectivity index (χ1) is 13.6. The average molecular weight is 398 g/mol. The predicted molar refractivity (Wildman–Crippen MR) is 113 cm³/mol. The number of aryl methyl sites for hydroxylation is 1. The summed E-state index contributed by atoms with van der Waals surface area (Å²) < 4.78 is 0. The number of nitrogens with one attached hydrogen (secondary N) is 2. The van der Waals surface area contributed by atoms with Gasteiger partial charge in [-0.05, 0) is 43.2 Å². The highest BCUT2D eigenvalue weighted by Gasteiger charge is 2.20. The lowest BCUT2D eigenvalue weighted by Crippen LogP contribution is -2.38. The maximum Gasteiger partial charge on any atom is 0.321 e. The number of rotatable bonds is 3. The Balaban J connectivity index is 1.36. The van der Waals surface area contributed by atoms with E-state index in [0.29, 0.717) is 17.3 Å². The van der Waals surface area contributed by atoms with Crippen LogP contribution in [0, 0.1) is 6.92 Å². The number of urea groups is 1. The molecule has 1 aliphatic rings. The van der Waals surface area contributed by atoms with Gasteiger partial charge in [0.05, 0.1) is 28.3 Å². The van der Waals surface area contributed by atoms with E-state index in [4.69, 9.17) is 11.6 Å². The first-order valence-electron chi connectivity index (χ1n) is 9.56. The minimum Gasteiger partial charge on any atom is -0.341 e. The molecule has 0 saturated carbocycles. The number of amides is 2. The molecular weight excluding hydrogens is 374 g/mol. The van der Waals surface area contributed by atoms with Crippen molar-refractivity contribution in [1.82, 2.24) is 19.8 Å². The lowest BCUT2D eigenvalue weighted by molar-refractivity contribution is 0.210. The summed E-state index contributed by atoms with van der Waals surface area (Å²) in [5.74, 6) is 0.964. The van der Waals surface area contributed by atoms with Crippen molar-refractivity contribution in [3.05, 3.63) is 58.9 Å². The average Bonchev–Trinajstić information content (AvgIpc) is 2.94. The van der Waals surface area contributed by atoms with Gasteiger partial charge in [-0.15, -0.1) is 0 Å². The first kappa shape index (κ1) is 18.8. The lowest BCUT2D eigenvalue weighted by Gasteiger charge is -2.22. The van der Waals surface area contributed by atoms with Crippen LogP contribution in [-0.2, 0) is 6.54 Å². The van der Waals surface area contributed by atoms with Gasteiger partial charge in [0.2, 0.25) is 0 Å². The number of carbonyl (C=O) groups is 1. The summed E-state index contributed by atoms with van der Waals surface area (Å²) in [6.07, 6.45) is 0.926. The Labute approximate surface area is 169 Å². The van der Waals surface area contributed by atoms with Gasteiger partial charge in [0.25, 0.3) is 0 Å². The minimum atomic E-state index is -0.0990. The number of hydrogen-bond donors (Lipinski definition) is 2. The molecule has 146 valence electrons. The number of imidazole rings is 1. The number of fused-ring (bicyclic) bond motifs is 1. The molecule has 0 unspecified atom stereocenters. The Kier molecular flexibility index (Phi) is 5.50. The maximum absolute atomic E-state index is 12.7. The van der Waals surface area contributed by atoms with Crippen molar-refractivity contribution in [3.8, 4) is 0 Å². The highest BCUT2D eigenvalue weighted by molar-refractivity contribution is 6.33. The zero-order valence-corrected chi connectivity index (χ0v) is 16.7. The van der Waals surface area contributed by atoms with Gasteiger partial charge in [-0.1, -0.05) is 29.8 Å². The predicted octanol–water partition coefficient (Wildman–Crippen LogP) is 4.26. The molecule has 2 amide bonds. The van der Waals surface area contributed by atoms with E-state index >= 15 is 0 Å². The highest BCUT2D eigenvalue weighted by atomic mass is 35.5. The summed E-state index contributed by atoms with van der Waals surface area (Å²) in [4.78, 5) is 24.9. The fraction of sp³-hybridized carbons (Fsp3) is 0.333. The molecule has 2 N–H and O–H groups in total. The second-order valence-corrected chi connectivity index (χ2v) is 7.64. The van der Waals surface area contributed by atoms with Gasteiger partial charge in [-0.3, -0.25) is 4.90 Å². The van der Waals surface area contributed by atoms with Crippen LogP contribution in [-0.4, -0.2) is 52.0 Å². The van der Waals surface area contributed by atoms with E-state index in [1.165, 1.54) is 0 Å². The van der Waals surface area contributed by atoms with E-state index in [1.807, 2.05) is 54.3 Å². The third kappa shape index (κ3) is 4.29. The number of aromatic amines is 1. The lowest BCUT2D eigenvalue weighted by atomic mass is 10.2. The molecule has 1 aromatic heterocycles. The summed E-state index contributed by atoms with van der Waals surface area (Å²) in [5.41, 5.74) is 3.77. The number of aromatic nitrogens is 2. The molecule has 2 aromatic carbocycles. The van der Waals surface area contributed by atoms with Crippen LogP contribution in [0.5, 0.6) is 0 Å². The summed E-state index contributed by atoms with van der Waals surface area (Å²) in [6.45, 7) is 5.89. The molecule has 0 aliphatic carbocycles. The molecule has 2 heterocycles. The molecule has 0 atom stereocenters. The van der Waals surface area contributed by atoms with E-state index < -0.39 is 0 Å². The number of carbonyl (C=O) groups excluding carboxylic acids is 1. The fourth-order valence-corrected chi connectivity index (χ4v) is 3.72. The van der Waals surface area contributed by atoms with E-state index in [2.05, 4.69) is 20.2 Å². The highest BCUT2D eigenvalue weighted by Crippen LogP contribution is 2.23. The normalized spacial score (nSPS) is 15.6. The largest absolute Gasteiger partial charge is 0.341 e. The number of halogens is 1. The van der Waals surface area contributed by atoms with E-state index in [-0.39, 0.29) is 6.03 Å². The summed E-state index contributed by atoms with van der Waals surface area (Å²) in [5, 5.41) is 3.50. The van der Waals surface area contributed by atoms with Gasteiger partial charge in [-0.2, -0.15) is 0 Å². The van der Waals surface area contributed by atoms with Crippen LogP contribution in [0.2, 0.25) is 5.02 Å². The second-order valence-electron chi connectivity index (χ2n) is 7.23. The molecule has 6 nitrogen and oxygen atoms in total. The van der Waals surface area contributed by atoms with Crippen molar-refractivity contribution < 1.29 is 4.79 Å². The number of H-pyrrole nitrogens is 1. The monoisotopic (exact) mass is 397 g/mol. The molecule has 1 fully saturated rings. The van der Waals surface area contributed by atoms with Gasteiger partial charge in [0.15, 0.2) is 0 Å². The SMILES string of the molecule is Cc1ccc(Cl)c(NC(=O)N2CCCN(Cc3nc4ccccc4[nH]3)CC2)c1. The third-order valence-electron chi connectivity index (χ3n) is 5.05. The van der Waals surface area contributed by atoms with E-state index in [0.717, 1.165) is 55.0 Å². The fourth-order valence-electron chi connectivity index (χ4n) is 3.55. The van der Waals surface area contributed by atoms with Crippen molar-refractivity contribution in [2.45, 2.75) is 19.9 Å². The summed E-state index contributed by atoms with van der Waals surface area (Å²) in [6, 6.07) is 13.6. The van der Waals surface area contributed by atoms with Gasteiger partial charge in [0.1, 0.15) is 5.82 Å². The Morgan fingerprint density at radius 3 is 2.89 bits per heavy atom. The van der Waals surface area contributed by atoms with Crippen LogP contribution in [0.4, 0.5) is 10.5 Å². The molecule has 0 spiro atoms. The van der Waals surface area contributed by atoms with Crippen LogP contribution < -0.4 is 5.32 Å². The maximum atomic E-state index is 12.7. The van der Waals surface area contributed by atoms with Gasteiger partial charge < -0.3 is 15.2 Å². The van der Waals surface area contributed by atoms with Gasteiger partial charge >= 0.3 is 6.03 Å². The Hall–Kier alpha value is -2.57. The minimum absolute atomic E-state index is 0.0990. The van der Waals surface area contributed by atoms with Crippen molar-refractivity contribution in [3.63, 3.8) is 0 Å². The van der Waals surface area contributed by atoms with Crippen molar-refractivity contribution in [2.75, 3.05) is 31.5 Å². The number of para-hydroxylation sites is 2. The molecule has 4 rings (SSSR count). The standard InChI is InChI=1S/C21H24ClN5O/c1-15-7-8-16(22)19(13-15)25-21(28)27-10-4-9-26(11-12-27)14-20-23-17-5-2-3-6-18(17)24-20/h2-3,5-8,13H,4,9-12,14H2,1H3,(H,23,24)(H,25,28). The van der Waals surface area contributed by atoms with Crippen LogP contribution >= 0.6 is 11.6 Å². The van der Waals surface area contributed by atoms with Gasteiger partial charge in [-0.25, -0.2) is 9.78 Å². The topological polar surface area (TPSA) is 64.3 Å². The first-order valence-corrected chi connectivity index (χ1v) is 9.94. The molecular formula is C21H24ClN5O. The molecule has 3 aromatic rings. The van der Waals surface area contributed by atoms with Gasteiger partial charge in [0, 0.05) is 26.2 Å². The number of anilines is 1. The van der Waals surface area contributed by atoms with Crippen LogP contribution in [0.1, 0.15) is 17.8 Å². The molecule has 28 heavy (non-hydrogen) atoms. The molecule has 0 bridgehead atoms. The Bertz CT molecular complexity index is 953. The smallest absolute Gasteiger partial charge is 0.321 e. The summed E-state index contributed by atoms with van der Waals surface area (Å²) in [7, 11) is 0. The van der Waals surface area contributed by atoms with Crippen LogP contribution in [0.3, 0.4) is 0 Å². The van der Waals surface area contributed by atoms with Crippen molar-refractivity contribution in [2.24, 2.45) is 0 Å². The Morgan fingerprint density at radius 2 is 2.04 bits per heavy atom. The van der Waals surface area contributed by atoms with Crippen molar-refractivity contribution >= 4 is 34.4 Å². The zero-order chi connectivity index (χ0) is 19.5. The van der Waals surface area contributed by atoms with E-state index in [9.17, 15) is 4.79 Å². The molecule has 0 radical (unpaired) electrons. The summed E-state index contributed by atoms with van der Waals surface area (Å²) >= 11 is 6.21. The third-order valence-corrected chi connectivity index (χ3v) is 5.38. The second kappa shape index (κ2) is 8.20. The van der Waals surface area contributed by atoms with Crippen LogP contribution in [0.15, 0.2) is 42.5 Å². The quantitative estimate of drug-likeness (QED) is 0.693. The Morgan fingerprint density at radius 1 is 1.18 bits per heavy atom. The molecule has 1 saturated heterocycles. The van der Waals surface area contributed by atoms with Crippen molar-refractivity contribution in [1.29, 1.82) is 0 Å². The molecule has 1 aliphatic heterocycles. The number of hydrogen-bond acceptors (Lipinski definition) is 3. The number of nitrogens with zero attached hydrogens (tertiary/aromatic N) is 3. The number of benzene rings is 2.